The van der Waals surface area contributed by atoms with Crippen molar-refractivity contribution < 1.29 is 14.9 Å². The molecule has 8 rings (SSSR count). The standard InChI is InChI=1S/C33H38N2O5/c1-19-3-7-24(8-4-19)28(36)29-33(39,25-9-5-20(2)6-10-25)17-27(40-29)35-18-26(30(37)34-31(35)38)32-14-21-11-22(15-32)13-23(12-21)16-32/h3-10,18,21-23,27-29,36,39H,11-17H2,1-2H3,(H,34,37,38)/t21?,22?,23?,27-,28?,29-,32?,33-/m1/s1. The van der Waals surface area contributed by atoms with Crippen LogP contribution in [0.15, 0.2) is 64.3 Å². The molecule has 4 atom stereocenters. The fourth-order valence-corrected chi connectivity index (χ4v) is 8.79. The van der Waals surface area contributed by atoms with Crippen LogP contribution in [-0.4, -0.2) is 25.9 Å². The van der Waals surface area contributed by atoms with Gasteiger partial charge in [-0.15, -0.1) is 0 Å². The second-order valence-electron chi connectivity index (χ2n) is 13.3. The zero-order chi connectivity index (χ0) is 27.8. The van der Waals surface area contributed by atoms with Gasteiger partial charge in [0.05, 0.1) is 0 Å². The van der Waals surface area contributed by atoms with E-state index in [2.05, 4.69) is 4.98 Å². The minimum absolute atomic E-state index is 0.0654. The highest BCUT2D eigenvalue weighted by Gasteiger charge is 2.55. The van der Waals surface area contributed by atoms with Gasteiger partial charge in [0.2, 0.25) is 0 Å². The first kappa shape index (κ1) is 25.9. The van der Waals surface area contributed by atoms with Gasteiger partial charge in [0.15, 0.2) is 0 Å². The van der Waals surface area contributed by atoms with E-state index in [0.29, 0.717) is 34.4 Å². The van der Waals surface area contributed by atoms with Crippen molar-refractivity contribution in [3.63, 3.8) is 0 Å². The van der Waals surface area contributed by atoms with Crippen LogP contribution in [0.1, 0.15) is 85.1 Å². The summed E-state index contributed by atoms with van der Waals surface area (Å²) in [4.78, 5) is 29.1. The van der Waals surface area contributed by atoms with Gasteiger partial charge < -0.3 is 14.9 Å². The molecule has 40 heavy (non-hydrogen) atoms. The van der Waals surface area contributed by atoms with Crippen molar-refractivity contribution in [3.05, 3.63) is 103 Å². The summed E-state index contributed by atoms with van der Waals surface area (Å²) in [6.07, 6.45) is 5.52. The highest BCUT2D eigenvalue weighted by atomic mass is 16.5. The van der Waals surface area contributed by atoms with Crippen molar-refractivity contribution in [1.82, 2.24) is 9.55 Å². The summed E-state index contributed by atoms with van der Waals surface area (Å²) >= 11 is 0. The van der Waals surface area contributed by atoms with Crippen LogP contribution in [0.2, 0.25) is 0 Å². The summed E-state index contributed by atoms with van der Waals surface area (Å²) in [5, 5.41) is 23.7. The molecular weight excluding hydrogens is 504 g/mol. The molecule has 4 aliphatic carbocycles. The molecule has 1 saturated heterocycles. The number of hydrogen-bond donors (Lipinski definition) is 3. The fourth-order valence-electron chi connectivity index (χ4n) is 8.79. The molecule has 2 aromatic carbocycles. The van der Waals surface area contributed by atoms with Gasteiger partial charge in [0.1, 0.15) is 24.0 Å². The van der Waals surface area contributed by atoms with Crippen LogP contribution in [0.5, 0.6) is 0 Å². The van der Waals surface area contributed by atoms with E-state index in [9.17, 15) is 19.8 Å². The minimum atomic E-state index is -1.56. The van der Waals surface area contributed by atoms with E-state index in [1.54, 1.807) is 6.20 Å². The molecule has 0 amide bonds. The Bertz CT molecular complexity index is 1500. The van der Waals surface area contributed by atoms with E-state index >= 15 is 0 Å². The number of nitrogens with one attached hydrogen (secondary N) is 1. The molecule has 0 radical (unpaired) electrons. The summed E-state index contributed by atoms with van der Waals surface area (Å²) in [6.45, 7) is 3.96. The first-order valence-electron chi connectivity index (χ1n) is 14.7. The van der Waals surface area contributed by atoms with Crippen LogP contribution >= 0.6 is 0 Å². The lowest BCUT2D eigenvalue weighted by atomic mass is 9.48. The molecule has 5 fully saturated rings. The number of hydrogen-bond acceptors (Lipinski definition) is 5. The maximum absolute atomic E-state index is 13.3. The summed E-state index contributed by atoms with van der Waals surface area (Å²) in [6, 6.07) is 15.1. The first-order valence-corrected chi connectivity index (χ1v) is 14.7. The Balaban J connectivity index is 1.29. The maximum Gasteiger partial charge on any atom is 0.330 e. The highest BCUT2D eigenvalue weighted by Crippen LogP contribution is 2.60. The van der Waals surface area contributed by atoms with Gasteiger partial charge in [-0.3, -0.25) is 14.3 Å². The third-order valence-electron chi connectivity index (χ3n) is 10.4. The van der Waals surface area contributed by atoms with Gasteiger partial charge in [-0.2, -0.15) is 0 Å². The van der Waals surface area contributed by atoms with Crippen LogP contribution in [0, 0.1) is 31.6 Å². The minimum Gasteiger partial charge on any atom is -0.386 e. The molecule has 7 nitrogen and oxygen atoms in total. The Morgan fingerprint density at radius 2 is 1.43 bits per heavy atom. The quantitative estimate of drug-likeness (QED) is 0.440. The number of H-pyrrole nitrogens is 1. The third-order valence-corrected chi connectivity index (χ3v) is 10.4. The zero-order valence-electron chi connectivity index (χ0n) is 23.2. The van der Waals surface area contributed by atoms with E-state index in [1.807, 2.05) is 62.4 Å². The van der Waals surface area contributed by atoms with Crippen molar-refractivity contribution in [1.29, 1.82) is 0 Å². The molecule has 210 valence electrons. The van der Waals surface area contributed by atoms with Crippen LogP contribution < -0.4 is 11.2 Å². The lowest BCUT2D eigenvalue weighted by molar-refractivity contribution is -0.122. The van der Waals surface area contributed by atoms with E-state index < -0.39 is 29.7 Å². The van der Waals surface area contributed by atoms with Gasteiger partial charge in [0.25, 0.3) is 5.56 Å². The molecule has 0 spiro atoms. The monoisotopic (exact) mass is 542 g/mol. The van der Waals surface area contributed by atoms with Crippen LogP contribution in [0.3, 0.4) is 0 Å². The zero-order valence-corrected chi connectivity index (χ0v) is 23.2. The lowest BCUT2D eigenvalue weighted by Gasteiger charge is -2.56. The van der Waals surface area contributed by atoms with Crippen molar-refractivity contribution in [2.45, 2.75) is 88.2 Å². The number of aromatic amines is 1. The Hall–Kier alpha value is -3.00. The smallest absolute Gasteiger partial charge is 0.330 e. The van der Waals surface area contributed by atoms with Crippen LogP contribution in [0.25, 0.3) is 0 Å². The molecular formula is C33H38N2O5. The van der Waals surface area contributed by atoms with Crippen LogP contribution in [0.4, 0.5) is 0 Å². The normalized spacial score (nSPS) is 35.2. The van der Waals surface area contributed by atoms with Gasteiger partial charge in [-0.25, -0.2) is 4.79 Å². The predicted molar refractivity (Wildman–Crippen MR) is 151 cm³/mol. The van der Waals surface area contributed by atoms with Crippen LogP contribution in [-0.2, 0) is 15.8 Å². The molecule has 1 unspecified atom stereocenters. The Morgan fingerprint density at radius 3 is 2.00 bits per heavy atom. The number of nitrogens with zero attached hydrogens (tertiary/aromatic N) is 1. The molecule has 3 N–H and O–H groups in total. The number of ether oxygens (including phenoxy) is 1. The van der Waals surface area contributed by atoms with Crippen molar-refractivity contribution in [2.24, 2.45) is 17.8 Å². The fraction of sp³-hybridized carbons (Fsp3) is 0.515. The topological polar surface area (TPSA) is 105 Å². The van der Waals surface area contributed by atoms with Crippen molar-refractivity contribution in [2.75, 3.05) is 0 Å². The van der Waals surface area contributed by atoms with E-state index in [0.717, 1.165) is 30.4 Å². The van der Waals surface area contributed by atoms with Gasteiger partial charge in [-0.1, -0.05) is 59.7 Å². The van der Waals surface area contributed by atoms with E-state index in [-0.39, 0.29) is 17.4 Å². The molecule has 1 aromatic heterocycles. The summed E-state index contributed by atoms with van der Waals surface area (Å²) in [7, 11) is 0. The van der Waals surface area contributed by atoms with Crippen molar-refractivity contribution in [3.8, 4) is 0 Å². The third kappa shape index (κ3) is 4.13. The number of aliphatic hydroxyl groups excluding tert-OH is 1. The number of aliphatic hydroxyl groups is 2. The predicted octanol–water partition coefficient (Wildman–Crippen LogP) is 4.53. The van der Waals surface area contributed by atoms with Gasteiger partial charge in [-0.05, 0) is 81.3 Å². The lowest BCUT2D eigenvalue weighted by Crippen LogP contribution is -2.51. The Labute approximate surface area is 233 Å². The number of rotatable bonds is 5. The summed E-state index contributed by atoms with van der Waals surface area (Å²) < 4.78 is 7.88. The van der Waals surface area contributed by atoms with Gasteiger partial charge >= 0.3 is 5.69 Å². The van der Waals surface area contributed by atoms with Crippen molar-refractivity contribution >= 4 is 0 Å². The number of aromatic nitrogens is 2. The highest BCUT2D eigenvalue weighted by molar-refractivity contribution is 5.32. The molecule has 3 aromatic rings. The second kappa shape index (κ2) is 9.26. The molecule has 1 aliphatic heterocycles. The summed E-state index contributed by atoms with van der Waals surface area (Å²) in [5.41, 5.74) is 1.43. The van der Waals surface area contributed by atoms with Gasteiger partial charge in [0, 0.05) is 23.6 Å². The molecule has 7 heteroatoms. The average Bonchev–Trinajstić information content (AvgIpc) is 3.26. The largest absolute Gasteiger partial charge is 0.386 e. The molecule has 2 heterocycles. The maximum atomic E-state index is 13.3. The molecule has 4 saturated carbocycles. The second-order valence-corrected chi connectivity index (χ2v) is 13.3. The number of benzene rings is 2. The first-order chi connectivity index (χ1) is 19.1. The Kier molecular flexibility index (Phi) is 6.01. The van der Waals surface area contributed by atoms with E-state index in [4.69, 9.17) is 4.74 Å². The molecule has 5 aliphatic rings. The average molecular weight is 543 g/mol. The molecule has 4 bridgehead atoms. The summed E-state index contributed by atoms with van der Waals surface area (Å²) in [5.74, 6) is 1.94. The Morgan fingerprint density at radius 1 is 0.875 bits per heavy atom. The number of aryl methyl sites for hydroxylation is 2. The van der Waals surface area contributed by atoms with E-state index in [1.165, 1.54) is 23.8 Å². The SMILES string of the molecule is Cc1ccc(C(O)[C@H]2O[C@@H](n3cc(C45CC6CC(CC(C6)C4)C5)c(=O)[nH]c3=O)C[C@@]2(O)c2ccc(C)cc2)cc1.